The molecule has 0 spiro atoms. The minimum Gasteiger partial charge on any atom is -0.364 e. The van der Waals surface area contributed by atoms with Crippen molar-refractivity contribution in [2.45, 2.75) is 25.0 Å². The van der Waals surface area contributed by atoms with Gasteiger partial charge >= 0.3 is 0 Å². The highest BCUT2D eigenvalue weighted by atomic mass is 16.5. The fourth-order valence-electron chi connectivity index (χ4n) is 3.78. The molecule has 0 aliphatic carbocycles. The summed E-state index contributed by atoms with van der Waals surface area (Å²) in [7, 11) is 1.79. The molecule has 4 rings (SSSR count). The molecule has 0 bridgehead atoms. The number of anilines is 1. The lowest BCUT2D eigenvalue weighted by Gasteiger charge is -2.33. The van der Waals surface area contributed by atoms with E-state index in [2.05, 4.69) is 9.88 Å². The molecule has 0 saturated carbocycles. The van der Waals surface area contributed by atoms with Crippen molar-refractivity contribution in [2.75, 3.05) is 44.7 Å². The largest absolute Gasteiger partial charge is 0.364 e. The first-order valence-corrected chi connectivity index (χ1v) is 8.51. The Labute approximate surface area is 141 Å². The van der Waals surface area contributed by atoms with Crippen LogP contribution in [0.15, 0.2) is 18.3 Å². The summed E-state index contributed by atoms with van der Waals surface area (Å²) >= 11 is 0. The number of carbonyl (C=O) groups is 2. The van der Waals surface area contributed by atoms with Crippen molar-refractivity contribution in [3.8, 4) is 0 Å². The van der Waals surface area contributed by atoms with Crippen molar-refractivity contribution >= 4 is 17.6 Å². The highest BCUT2D eigenvalue weighted by molar-refractivity contribution is 5.95. The van der Waals surface area contributed by atoms with E-state index in [0.717, 1.165) is 18.9 Å². The molecule has 3 saturated heterocycles. The Morgan fingerprint density at radius 2 is 2.08 bits per heavy atom. The number of hydrogen-bond acceptors (Lipinski definition) is 5. The number of carbonyl (C=O) groups excluding carboxylic acids is 2. The molecule has 128 valence electrons. The SMILES string of the molecule is CN1C(=O)CO[C@H]2CN(C(=O)c3ccnc(N4CCCC4)c3)C[C@@H]21. The van der Waals surface area contributed by atoms with Gasteiger partial charge in [-0.25, -0.2) is 4.98 Å². The van der Waals surface area contributed by atoms with Gasteiger partial charge in [-0.1, -0.05) is 0 Å². The molecule has 3 aliphatic rings. The smallest absolute Gasteiger partial charge is 0.254 e. The van der Waals surface area contributed by atoms with E-state index in [-0.39, 0.29) is 30.6 Å². The lowest BCUT2D eigenvalue weighted by atomic mass is 10.1. The quantitative estimate of drug-likeness (QED) is 0.783. The molecule has 1 aromatic rings. The first-order chi connectivity index (χ1) is 11.6. The second kappa shape index (κ2) is 6.05. The zero-order chi connectivity index (χ0) is 16.7. The third-order valence-corrected chi connectivity index (χ3v) is 5.26. The number of hydrogen-bond donors (Lipinski definition) is 0. The minimum absolute atomic E-state index is 0.0169. The van der Waals surface area contributed by atoms with Gasteiger partial charge in [0.25, 0.3) is 5.91 Å². The van der Waals surface area contributed by atoms with E-state index < -0.39 is 0 Å². The molecule has 24 heavy (non-hydrogen) atoms. The monoisotopic (exact) mass is 330 g/mol. The predicted molar refractivity (Wildman–Crippen MR) is 87.9 cm³/mol. The van der Waals surface area contributed by atoms with Gasteiger partial charge in [-0.05, 0) is 25.0 Å². The van der Waals surface area contributed by atoms with Crippen LogP contribution in [-0.4, -0.2) is 78.6 Å². The van der Waals surface area contributed by atoms with Crippen molar-refractivity contribution < 1.29 is 14.3 Å². The molecule has 1 aromatic heterocycles. The molecule has 0 radical (unpaired) electrons. The van der Waals surface area contributed by atoms with Crippen molar-refractivity contribution in [2.24, 2.45) is 0 Å². The lowest BCUT2D eigenvalue weighted by Crippen LogP contribution is -2.51. The third-order valence-electron chi connectivity index (χ3n) is 5.26. The summed E-state index contributed by atoms with van der Waals surface area (Å²) in [6.07, 6.45) is 3.97. The maximum absolute atomic E-state index is 12.9. The van der Waals surface area contributed by atoms with Gasteiger partial charge in [-0.3, -0.25) is 9.59 Å². The molecule has 0 N–H and O–H groups in total. The van der Waals surface area contributed by atoms with Crippen LogP contribution >= 0.6 is 0 Å². The van der Waals surface area contributed by atoms with Crippen molar-refractivity contribution in [1.29, 1.82) is 0 Å². The van der Waals surface area contributed by atoms with Crippen molar-refractivity contribution in [3.63, 3.8) is 0 Å². The zero-order valence-corrected chi connectivity index (χ0v) is 13.9. The molecule has 3 aliphatic heterocycles. The fourth-order valence-corrected chi connectivity index (χ4v) is 3.78. The highest BCUT2D eigenvalue weighted by Gasteiger charge is 2.43. The number of aromatic nitrogens is 1. The zero-order valence-electron chi connectivity index (χ0n) is 13.9. The van der Waals surface area contributed by atoms with Crippen LogP contribution in [0.5, 0.6) is 0 Å². The standard InChI is InChI=1S/C17H22N4O3/c1-19-13-9-21(10-14(13)24-11-16(19)22)17(23)12-4-5-18-15(8-12)20-6-2-3-7-20/h4-5,8,13-14H,2-3,6-7,9-11H2,1H3/t13-,14-/m0/s1. The second-order valence-corrected chi connectivity index (χ2v) is 6.73. The van der Waals surface area contributed by atoms with Crippen LogP contribution in [0, 0.1) is 0 Å². The number of pyridine rings is 1. The van der Waals surface area contributed by atoms with E-state index in [9.17, 15) is 9.59 Å². The summed E-state index contributed by atoms with van der Waals surface area (Å²) < 4.78 is 5.60. The number of morpholine rings is 1. The predicted octanol–water partition coefficient (Wildman–Crippen LogP) is 0.363. The Bertz CT molecular complexity index is 659. The summed E-state index contributed by atoms with van der Waals surface area (Å²) in [6, 6.07) is 3.60. The van der Waals surface area contributed by atoms with Crippen molar-refractivity contribution in [3.05, 3.63) is 23.9 Å². The molecule has 0 unspecified atom stereocenters. The summed E-state index contributed by atoms with van der Waals surface area (Å²) in [6.45, 7) is 3.15. The van der Waals surface area contributed by atoms with E-state index in [4.69, 9.17) is 4.74 Å². The van der Waals surface area contributed by atoms with Gasteiger partial charge in [0.15, 0.2) is 0 Å². The Kier molecular flexibility index (Phi) is 3.88. The second-order valence-electron chi connectivity index (χ2n) is 6.73. The van der Waals surface area contributed by atoms with E-state index in [1.54, 1.807) is 29.1 Å². The van der Waals surface area contributed by atoms with Crippen LogP contribution in [0.2, 0.25) is 0 Å². The molecule has 7 heteroatoms. The van der Waals surface area contributed by atoms with E-state index in [1.165, 1.54) is 12.8 Å². The van der Waals surface area contributed by atoms with Gasteiger partial charge in [-0.15, -0.1) is 0 Å². The van der Waals surface area contributed by atoms with E-state index in [0.29, 0.717) is 18.7 Å². The summed E-state index contributed by atoms with van der Waals surface area (Å²) in [5, 5.41) is 0. The third kappa shape index (κ3) is 2.62. The fraction of sp³-hybridized carbons (Fsp3) is 0.588. The normalized spacial score (nSPS) is 26.9. The summed E-state index contributed by atoms with van der Waals surface area (Å²) in [5.74, 6) is 0.834. The number of ether oxygens (including phenoxy) is 1. The average Bonchev–Trinajstić information content (AvgIpc) is 3.27. The van der Waals surface area contributed by atoms with Gasteiger partial charge < -0.3 is 19.4 Å². The Hall–Kier alpha value is -2.15. The Morgan fingerprint density at radius 1 is 1.29 bits per heavy atom. The van der Waals surface area contributed by atoms with Crippen LogP contribution in [0.3, 0.4) is 0 Å². The van der Waals surface area contributed by atoms with Crippen LogP contribution in [0.25, 0.3) is 0 Å². The minimum atomic E-state index is -0.0865. The van der Waals surface area contributed by atoms with Gasteiger partial charge in [0, 0.05) is 45.0 Å². The van der Waals surface area contributed by atoms with E-state index in [1.807, 2.05) is 6.07 Å². The molecular weight excluding hydrogens is 308 g/mol. The average molecular weight is 330 g/mol. The number of nitrogens with zero attached hydrogens (tertiary/aromatic N) is 4. The number of amides is 2. The first kappa shape index (κ1) is 15.4. The number of likely N-dealkylation sites (tertiary alicyclic amines) is 1. The Balaban J connectivity index is 1.50. The van der Waals surface area contributed by atoms with Gasteiger partial charge in [0.2, 0.25) is 5.91 Å². The van der Waals surface area contributed by atoms with Crippen LogP contribution in [0.4, 0.5) is 5.82 Å². The first-order valence-electron chi connectivity index (χ1n) is 8.51. The molecule has 7 nitrogen and oxygen atoms in total. The van der Waals surface area contributed by atoms with Crippen molar-refractivity contribution in [1.82, 2.24) is 14.8 Å². The topological polar surface area (TPSA) is 66.0 Å². The number of rotatable bonds is 2. The molecule has 0 aromatic carbocycles. The Morgan fingerprint density at radius 3 is 2.88 bits per heavy atom. The number of fused-ring (bicyclic) bond motifs is 1. The van der Waals surface area contributed by atoms with Gasteiger partial charge in [-0.2, -0.15) is 0 Å². The maximum atomic E-state index is 12.9. The molecule has 3 fully saturated rings. The summed E-state index contributed by atoms with van der Waals surface area (Å²) in [5.41, 5.74) is 0.652. The molecule has 4 heterocycles. The molecular formula is C17H22N4O3. The van der Waals surface area contributed by atoms with E-state index >= 15 is 0 Å². The van der Waals surface area contributed by atoms with Crippen LogP contribution in [-0.2, 0) is 9.53 Å². The van der Waals surface area contributed by atoms with Crippen LogP contribution in [0.1, 0.15) is 23.2 Å². The highest BCUT2D eigenvalue weighted by Crippen LogP contribution is 2.25. The number of likely N-dealkylation sites (N-methyl/N-ethyl adjacent to an activating group) is 1. The van der Waals surface area contributed by atoms with Gasteiger partial charge in [0.1, 0.15) is 12.4 Å². The lowest BCUT2D eigenvalue weighted by molar-refractivity contribution is -0.150. The van der Waals surface area contributed by atoms with Gasteiger partial charge in [0.05, 0.1) is 12.1 Å². The molecule has 2 amide bonds. The summed E-state index contributed by atoms with van der Waals surface area (Å²) in [4.78, 5) is 34.7. The molecule has 2 atom stereocenters. The maximum Gasteiger partial charge on any atom is 0.254 e. The van der Waals surface area contributed by atoms with Crippen LogP contribution < -0.4 is 4.90 Å².